The van der Waals surface area contributed by atoms with Crippen LogP contribution in [-0.2, 0) is 10.5 Å². The molecule has 7 nitrogen and oxygen atoms in total. The topological polar surface area (TPSA) is 65.3 Å². The number of pyridine rings is 1. The average molecular weight is 412 g/mol. The fourth-order valence-electron chi connectivity index (χ4n) is 3.48. The van der Waals surface area contributed by atoms with Crippen molar-refractivity contribution in [2.75, 3.05) is 38.3 Å². The molecule has 3 heterocycles. The van der Waals surface area contributed by atoms with Crippen molar-refractivity contribution < 1.29 is 9.47 Å². The molecule has 0 amide bonds. The SMILES string of the molecule is COc1c(C)cnc(CSc2nnc(N3CCOCC3)n2-c2ccccc2)c1C. The number of thioether (sulfide) groups is 1. The Kier molecular flexibility index (Phi) is 6.01. The van der Waals surface area contributed by atoms with E-state index in [1.165, 1.54) is 0 Å². The van der Waals surface area contributed by atoms with Gasteiger partial charge in [0.15, 0.2) is 5.16 Å². The van der Waals surface area contributed by atoms with Gasteiger partial charge < -0.3 is 14.4 Å². The van der Waals surface area contributed by atoms with Gasteiger partial charge in [0.05, 0.1) is 31.7 Å². The summed E-state index contributed by atoms with van der Waals surface area (Å²) < 4.78 is 13.2. The highest BCUT2D eigenvalue weighted by atomic mass is 32.2. The van der Waals surface area contributed by atoms with E-state index in [2.05, 4.69) is 43.7 Å². The molecule has 1 aliphatic heterocycles. The largest absolute Gasteiger partial charge is 0.496 e. The van der Waals surface area contributed by atoms with Crippen molar-refractivity contribution in [1.82, 2.24) is 19.7 Å². The number of benzene rings is 1. The maximum Gasteiger partial charge on any atom is 0.232 e. The molecule has 0 N–H and O–H groups in total. The molecule has 2 aromatic heterocycles. The van der Waals surface area contributed by atoms with Gasteiger partial charge >= 0.3 is 0 Å². The molecule has 0 atom stereocenters. The maximum atomic E-state index is 5.54. The first kappa shape index (κ1) is 19.7. The molecule has 0 radical (unpaired) electrons. The minimum absolute atomic E-state index is 0.691. The van der Waals surface area contributed by atoms with Crippen LogP contribution >= 0.6 is 11.8 Å². The summed E-state index contributed by atoms with van der Waals surface area (Å²) in [4.78, 5) is 6.84. The van der Waals surface area contributed by atoms with Crippen LogP contribution in [0.15, 0.2) is 41.7 Å². The van der Waals surface area contributed by atoms with E-state index in [0.717, 1.165) is 52.5 Å². The number of nitrogens with zero attached hydrogens (tertiary/aromatic N) is 5. The Bertz CT molecular complexity index is 971. The zero-order valence-electron chi connectivity index (χ0n) is 17.0. The normalized spacial score (nSPS) is 14.2. The summed E-state index contributed by atoms with van der Waals surface area (Å²) in [7, 11) is 1.70. The number of morpholine rings is 1. The Morgan fingerprint density at radius 3 is 2.59 bits per heavy atom. The summed E-state index contributed by atoms with van der Waals surface area (Å²) in [5.74, 6) is 2.44. The summed E-state index contributed by atoms with van der Waals surface area (Å²) in [6.45, 7) is 7.09. The highest BCUT2D eigenvalue weighted by molar-refractivity contribution is 7.98. The number of methoxy groups -OCH3 is 1. The standard InChI is InChI=1S/C21H25N5O2S/c1-15-13-22-18(16(2)19(15)27-3)14-29-21-24-23-20(25-9-11-28-12-10-25)26(21)17-7-5-4-6-8-17/h4-8,13H,9-12,14H2,1-3H3. The van der Waals surface area contributed by atoms with Crippen molar-refractivity contribution in [2.24, 2.45) is 0 Å². The molecule has 0 saturated carbocycles. The molecule has 1 aliphatic rings. The lowest BCUT2D eigenvalue weighted by molar-refractivity contribution is 0.122. The van der Waals surface area contributed by atoms with Gasteiger partial charge in [-0.25, -0.2) is 0 Å². The number of anilines is 1. The monoisotopic (exact) mass is 411 g/mol. The van der Waals surface area contributed by atoms with Gasteiger partial charge in [-0.1, -0.05) is 30.0 Å². The van der Waals surface area contributed by atoms with E-state index in [-0.39, 0.29) is 0 Å². The second-order valence-corrected chi connectivity index (χ2v) is 7.83. The van der Waals surface area contributed by atoms with E-state index in [4.69, 9.17) is 9.47 Å². The van der Waals surface area contributed by atoms with Crippen LogP contribution < -0.4 is 9.64 Å². The smallest absolute Gasteiger partial charge is 0.232 e. The third-order valence-corrected chi connectivity index (χ3v) is 5.95. The number of rotatable bonds is 6. The Morgan fingerprint density at radius 1 is 1.10 bits per heavy atom. The Hall–Kier alpha value is -2.58. The molecule has 0 aliphatic carbocycles. The van der Waals surface area contributed by atoms with E-state index in [1.54, 1.807) is 18.9 Å². The fraction of sp³-hybridized carbons (Fsp3) is 0.381. The first-order valence-corrected chi connectivity index (χ1v) is 10.6. The minimum atomic E-state index is 0.691. The van der Waals surface area contributed by atoms with Gasteiger partial charge in [0.25, 0.3) is 0 Å². The lowest BCUT2D eigenvalue weighted by Gasteiger charge is -2.27. The Balaban J connectivity index is 1.65. The number of aryl methyl sites for hydroxylation is 1. The molecule has 3 aromatic rings. The van der Waals surface area contributed by atoms with Crippen LogP contribution in [0.1, 0.15) is 16.8 Å². The molecule has 8 heteroatoms. The molecular formula is C21H25N5O2S. The van der Waals surface area contributed by atoms with Crippen molar-refractivity contribution in [1.29, 1.82) is 0 Å². The molecule has 1 saturated heterocycles. The average Bonchev–Trinajstić information content (AvgIpc) is 3.19. The molecular weight excluding hydrogens is 386 g/mol. The number of ether oxygens (including phenoxy) is 2. The number of hydrogen-bond donors (Lipinski definition) is 0. The van der Waals surface area contributed by atoms with Gasteiger partial charge in [0, 0.05) is 36.2 Å². The molecule has 1 aromatic carbocycles. The van der Waals surface area contributed by atoms with E-state index < -0.39 is 0 Å². The molecule has 29 heavy (non-hydrogen) atoms. The van der Waals surface area contributed by atoms with E-state index in [0.29, 0.717) is 19.0 Å². The highest BCUT2D eigenvalue weighted by Crippen LogP contribution is 2.31. The predicted molar refractivity (Wildman–Crippen MR) is 114 cm³/mol. The Labute approximate surface area is 175 Å². The van der Waals surface area contributed by atoms with Crippen molar-refractivity contribution >= 4 is 17.7 Å². The lowest BCUT2D eigenvalue weighted by atomic mass is 10.1. The summed E-state index contributed by atoms with van der Waals surface area (Å²) >= 11 is 1.63. The van der Waals surface area contributed by atoms with Gasteiger partial charge in [0.1, 0.15) is 5.75 Å². The number of hydrogen-bond acceptors (Lipinski definition) is 7. The third-order valence-electron chi connectivity index (χ3n) is 5.01. The van der Waals surface area contributed by atoms with Crippen LogP contribution in [0.2, 0.25) is 0 Å². The van der Waals surface area contributed by atoms with Crippen molar-refractivity contribution in [3.8, 4) is 11.4 Å². The maximum absolute atomic E-state index is 5.54. The molecule has 0 bridgehead atoms. The summed E-state index contributed by atoms with van der Waals surface area (Å²) in [6, 6.07) is 10.2. The summed E-state index contributed by atoms with van der Waals surface area (Å²) in [5, 5.41) is 9.87. The third kappa shape index (κ3) is 4.09. The van der Waals surface area contributed by atoms with Crippen molar-refractivity contribution in [3.05, 3.63) is 53.3 Å². The zero-order valence-corrected chi connectivity index (χ0v) is 17.8. The highest BCUT2D eigenvalue weighted by Gasteiger charge is 2.22. The minimum Gasteiger partial charge on any atom is -0.496 e. The van der Waals surface area contributed by atoms with E-state index in [9.17, 15) is 0 Å². The van der Waals surface area contributed by atoms with Gasteiger partial charge in [0.2, 0.25) is 5.95 Å². The molecule has 0 spiro atoms. The quantitative estimate of drug-likeness (QED) is 0.576. The fourth-order valence-corrected chi connectivity index (χ4v) is 4.45. The summed E-state index contributed by atoms with van der Waals surface area (Å²) in [6.07, 6.45) is 1.86. The van der Waals surface area contributed by atoms with Crippen LogP contribution in [0.4, 0.5) is 5.95 Å². The van der Waals surface area contributed by atoms with E-state index >= 15 is 0 Å². The lowest BCUT2D eigenvalue weighted by Crippen LogP contribution is -2.37. The molecule has 4 rings (SSSR count). The van der Waals surface area contributed by atoms with Crippen molar-refractivity contribution in [3.63, 3.8) is 0 Å². The van der Waals surface area contributed by atoms with E-state index in [1.807, 2.05) is 31.3 Å². The second-order valence-electron chi connectivity index (χ2n) is 6.89. The van der Waals surface area contributed by atoms with Crippen LogP contribution in [0.5, 0.6) is 5.75 Å². The van der Waals surface area contributed by atoms with Crippen LogP contribution in [0, 0.1) is 13.8 Å². The predicted octanol–water partition coefficient (Wildman–Crippen LogP) is 3.42. The van der Waals surface area contributed by atoms with Gasteiger partial charge in [-0.15, -0.1) is 10.2 Å². The molecule has 1 fully saturated rings. The molecule has 152 valence electrons. The number of para-hydroxylation sites is 1. The number of aromatic nitrogens is 4. The zero-order chi connectivity index (χ0) is 20.2. The van der Waals surface area contributed by atoms with Gasteiger partial charge in [-0.05, 0) is 26.0 Å². The van der Waals surface area contributed by atoms with Crippen LogP contribution in [-0.4, -0.2) is 53.2 Å². The van der Waals surface area contributed by atoms with Crippen molar-refractivity contribution in [2.45, 2.75) is 24.8 Å². The van der Waals surface area contributed by atoms with Gasteiger partial charge in [-0.2, -0.15) is 0 Å². The molecule has 0 unspecified atom stereocenters. The Morgan fingerprint density at radius 2 is 1.86 bits per heavy atom. The first-order valence-electron chi connectivity index (χ1n) is 9.64. The van der Waals surface area contributed by atoms with Gasteiger partial charge in [-0.3, -0.25) is 9.55 Å². The van der Waals surface area contributed by atoms with Crippen LogP contribution in [0.25, 0.3) is 5.69 Å². The summed E-state index contributed by atoms with van der Waals surface area (Å²) in [5.41, 5.74) is 4.15. The van der Waals surface area contributed by atoms with Crippen LogP contribution in [0.3, 0.4) is 0 Å². The second kappa shape index (κ2) is 8.84. The first-order chi connectivity index (χ1) is 14.2.